The standard InChI is InChI=1S/C11H9F3N4O2/c12-6-1-7(15)8(2-9(6)20-11(13)14)18-4-5(3-17-18)10(16)19/h1-4,11H,15H2,(H2,16,19). The molecule has 0 aliphatic carbocycles. The van der Waals surface area contributed by atoms with Crippen molar-refractivity contribution >= 4 is 11.6 Å². The molecule has 0 aliphatic heterocycles. The van der Waals surface area contributed by atoms with Gasteiger partial charge in [0.1, 0.15) is 0 Å². The number of nitrogens with two attached hydrogens (primary N) is 2. The largest absolute Gasteiger partial charge is 0.432 e. The van der Waals surface area contributed by atoms with E-state index in [0.29, 0.717) is 0 Å². The molecule has 0 saturated heterocycles. The van der Waals surface area contributed by atoms with Gasteiger partial charge in [-0.3, -0.25) is 4.79 Å². The number of rotatable bonds is 4. The van der Waals surface area contributed by atoms with Crippen molar-refractivity contribution in [3.8, 4) is 11.4 Å². The number of hydrogen-bond donors (Lipinski definition) is 2. The van der Waals surface area contributed by atoms with E-state index < -0.39 is 24.1 Å². The molecule has 2 aromatic rings. The average Bonchev–Trinajstić information content (AvgIpc) is 2.81. The van der Waals surface area contributed by atoms with Crippen molar-refractivity contribution in [2.75, 3.05) is 5.73 Å². The van der Waals surface area contributed by atoms with Gasteiger partial charge in [-0.15, -0.1) is 0 Å². The maximum Gasteiger partial charge on any atom is 0.387 e. The summed E-state index contributed by atoms with van der Waals surface area (Å²) in [5, 5.41) is 3.79. The highest BCUT2D eigenvalue weighted by Crippen LogP contribution is 2.28. The Labute approximate surface area is 110 Å². The lowest BCUT2D eigenvalue weighted by molar-refractivity contribution is -0.0521. The number of primary amides is 1. The molecule has 106 valence electrons. The number of hydrogen-bond acceptors (Lipinski definition) is 4. The third-order valence-corrected chi connectivity index (χ3v) is 2.41. The highest BCUT2D eigenvalue weighted by Gasteiger charge is 2.15. The third kappa shape index (κ3) is 2.66. The fourth-order valence-corrected chi connectivity index (χ4v) is 1.52. The number of nitrogen functional groups attached to an aromatic ring is 1. The smallest absolute Gasteiger partial charge is 0.387 e. The Bertz CT molecular complexity index is 657. The molecule has 0 unspecified atom stereocenters. The number of halogens is 3. The molecule has 1 aromatic carbocycles. The van der Waals surface area contributed by atoms with E-state index in [4.69, 9.17) is 11.5 Å². The van der Waals surface area contributed by atoms with Crippen molar-refractivity contribution in [2.45, 2.75) is 6.61 Å². The Morgan fingerprint density at radius 3 is 2.65 bits per heavy atom. The number of nitrogens with zero attached hydrogens (tertiary/aromatic N) is 2. The van der Waals surface area contributed by atoms with Crippen LogP contribution in [0.5, 0.6) is 5.75 Å². The summed E-state index contributed by atoms with van der Waals surface area (Å²) in [5.74, 6) is -2.44. The van der Waals surface area contributed by atoms with Gasteiger partial charge in [0.05, 0.1) is 23.1 Å². The van der Waals surface area contributed by atoms with Gasteiger partial charge < -0.3 is 16.2 Å². The second-order valence-electron chi connectivity index (χ2n) is 3.76. The lowest BCUT2D eigenvalue weighted by Gasteiger charge is -2.10. The topological polar surface area (TPSA) is 96.2 Å². The van der Waals surface area contributed by atoms with Crippen molar-refractivity contribution in [3.63, 3.8) is 0 Å². The van der Waals surface area contributed by atoms with Crippen LogP contribution < -0.4 is 16.2 Å². The number of carbonyl (C=O) groups excluding carboxylic acids is 1. The zero-order chi connectivity index (χ0) is 14.9. The molecular formula is C11H9F3N4O2. The zero-order valence-electron chi connectivity index (χ0n) is 9.89. The summed E-state index contributed by atoms with van der Waals surface area (Å²) < 4.78 is 42.8. The fraction of sp³-hybridized carbons (Fsp3) is 0.0909. The first-order valence-electron chi connectivity index (χ1n) is 5.27. The highest BCUT2D eigenvalue weighted by atomic mass is 19.3. The summed E-state index contributed by atoms with van der Waals surface area (Å²) in [4.78, 5) is 11.0. The van der Waals surface area contributed by atoms with Crippen LogP contribution in [0.25, 0.3) is 5.69 Å². The highest BCUT2D eigenvalue weighted by molar-refractivity contribution is 5.92. The first kappa shape index (κ1) is 13.7. The molecule has 1 heterocycles. The molecule has 0 atom stereocenters. The normalized spacial score (nSPS) is 10.8. The second-order valence-corrected chi connectivity index (χ2v) is 3.76. The van der Waals surface area contributed by atoms with Crippen molar-refractivity contribution in [3.05, 3.63) is 35.9 Å². The van der Waals surface area contributed by atoms with Gasteiger partial charge in [0.25, 0.3) is 5.91 Å². The van der Waals surface area contributed by atoms with Crippen molar-refractivity contribution in [2.24, 2.45) is 5.73 Å². The Morgan fingerprint density at radius 2 is 2.10 bits per heavy atom. The first-order chi connectivity index (χ1) is 9.38. The Kier molecular flexibility index (Phi) is 3.51. The van der Waals surface area contributed by atoms with E-state index in [1.54, 1.807) is 0 Å². The van der Waals surface area contributed by atoms with E-state index >= 15 is 0 Å². The van der Waals surface area contributed by atoms with Gasteiger partial charge in [0.15, 0.2) is 11.6 Å². The maximum absolute atomic E-state index is 13.4. The number of carbonyl (C=O) groups is 1. The summed E-state index contributed by atoms with van der Waals surface area (Å²) in [6.45, 7) is -3.18. The lowest BCUT2D eigenvalue weighted by Crippen LogP contribution is -2.10. The van der Waals surface area contributed by atoms with Crippen LogP contribution >= 0.6 is 0 Å². The van der Waals surface area contributed by atoms with Crippen LogP contribution in [0, 0.1) is 5.82 Å². The molecule has 0 radical (unpaired) electrons. The van der Waals surface area contributed by atoms with Gasteiger partial charge in [-0.05, 0) is 0 Å². The maximum atomic E-state index is 13.4. The molecule has 1 aromatic heterocycles. The predicted molar refractivity (Wildman–Crippen MR) is 63.1 cm³/mol. The Morgan fingerprint density at radius 1 is 1.40 bits per heavy atom. The molecule has 9 heteroatoms. The summed E-state index contributed by atoms with van der Waals surface area (Å²) in [7, 11) is 0. The molecule has 0 bridgehead atoms. The van der Waals surface area contributed by atoms with Gasteiger partial charge >= 0.3 is 6.61 Å². The Balaban J connectivity index is 2.46. The van der Waals surface area contributed by atoms with Crippen molar-refractivity contribution in [1.82, 2.24) is 9.78 Å². The summed E-state index contributed by atoms with van der Waals surface area (Å²) in [5.41, 5.74) is 10.7. The van der Waals surface area contributed by atoms with Gasteiger partial charge in [0.2, 0.25) is 0 Å². The van der Waals surface area contributed by atoms with E-state index in [9.17, 15) is 18.0 Å². The van der Waals surface area contributed by atoms with Crippen LogP contribution in [0.3, 0.4) is 0 Å². The SMILES string of the molecule is NC(=O)c1cnn(-c2cc(OC(F)F)c(F)cc2N)c1. The molecule has 6 nitrogen and oxygen atoms in total. The van der Waals surface area contributed by atoms with Crippen LogP contribution in [-0.4, -0.2) is 22.3 Å². The molecule has 0 fully saturated rings. The lowest BCUT2D eigenvalue weighted by atomic mass is 10.2. The van der Waals surface area contributed by atoms with E-state index in [0.717, 1.165) is 16.8 Å². The van der Waals surface area contributed by atoms with Gasteiger partial charge in [-0.2, -0.15) is 13.9 Å². The molecule has 0 saturated carbocycles. The van der Waals surface area contributed by atoms with Crippen LogP contribution in [0.1, 0.15) is 10.4 Å². The zero-order valence-corrected chi connectivity index (χ0v) is 9.89. The molecular weight excluding hydrogens is 277 g/mol. The summed E-state index contributed by atoms with van der Waals surface area (Å²) >= 11 is 0. The minimum Gasteiger partial charge on any atom is -0.432 e. The summed E-state index contributed by atoms with van der Waals surface area (Å²) in [6, 6.07) is 1.77. The number of alkyl halides is 2. The van der Waals surface area contributed by atoms with E-state index in [-0.39, 0.29) is 16.9 Å². The summed E-state index contributed by atoms with van der Waals surface area (Å²) in [6.07, 6.45) is 2.40. The Hall–Kier alpha value is -2.71. The van der Waals surface area contributed by atoms with Gasteiger partial charge in [-0.1, -0.05) is 0 Å². The van der Waals surface area contributed by atoms with Gasteiger partial charge in [0, 0.05) is 18.3 Å². The van der Waals surface area contributed by atoms with Crippen LogP contribution in [0.15, 0.2) is 24.5 Å². The number of benzene rings is 1. The van der Waals surface area contributed by atoms with Crippen molar-refractivity contribution < 1.29 is 22.7 Å². The predicted octanol–water partition coefficient (Wildman–Crippen LogP) is 1.29. The molecule has 2 rings (SSSR count). The number of aromatic nitrogens is 2. The van der Waals surface area contributed by atoms with Gasteiger partial charge in [-0.25, -0.2) is 9.07 Å². The quantitative estimate of drug-likeness (QED) is 0.828. The minimum absolute atomic E-state index is 0.0664. The molecule has 0 spiro atoms. The number of anilines is 1. The fourth-order valence-electron chi connectivity index (χ4n) is 1.52. The van der Waals surface area contributed by atoms with E-state index in [1.807, 2.05) is 0 Å². The monoisotopic (exact) mass is 286 g/mol. The minimum atomic E-state index is -3.18. The van der Waals surface area contributed by atoms with Crippen LogP contribution in [0.4, 0.5) is 18.9 Å². The van der Waals surface area contributed by atoms with Crippen molar-refractivity contribution in [1.29, 1.82) is 0 Å². The molecule has 4 N–H and O–H groups in total. The number of amides is 1. The molecule has 0 aliphatic rings. The molecule has 20 heavy (non-hydrogen) atoms. The average molecular weight is 286 g/mol. The second kappa shape index (κ2) is 5.11. The number of ether oxygens (including phenoxy) is 1. The third-order valence-electron chi connectivity index (χ3n) is 2.41. The molecule has 1 amide bonds. The van der Waals surface area contributed by atoms with Crippen LogP contribution in [0.2, 0.25) is 0 Å². The first-order valence-corrected chi connectivity index (χ1v) is 5.27. The van der Waals surface area contributed by atoms with E-state index in [2.05, 4.69) is 9.84 Å². The van der Waals surface area contributed by atoms with E-state index in [1.165, 1.54) is 12.4 Å². The van der Waals surface area contributed by atoms with Crippen LogP contribution in [-0.2, 0) is 0 Å².